The molecule has 2 aromatic carbocycles. The lowest BCUT2D eigenvalue weighted by Crippen LogP contribution is -2.64. The molecule has 0 radical (unpaired) electrons. The lowest BCUT2D eigenvalue weighted by Gasteiger charge is -2.42. The number of benzene rings is 2. The van der Waals surface area contributed by atoms with Crippen LogP contribution in [-0.4, -0.2) is 113 Å². The third-order valence-electron chi connectivity index (χ3n) is 13.8. The van der Waals surface area contributed by atoms with Gasteiger partial charge in [-0.25, -0.2) is 18.2 Å². The molecule has 4 amide bonds. The maximum atomic E-state index is 18.1. The summed E-state index contributed by atoms with van der Waals surface area (Å²) >= 11 is 0. The highest BCUT2D eigenvalue weighted by Crippen LogP contribution is 2.51. The number of methoxy groups -OCH3 is 1. The Morgan fingerprint density at radius 2 is 1.79 bits per heavy atom. The minimum Gasteiger partial charge on any atom is -0.497 e. The van der Waals surface area contributed by atoms with Gasteiger partial charge in [-0.2, -0.15) is 8.78 Å². The number of carbonyl (C=O) groups excluding carboxylic acids is 3. The molecular formula is C47H57F2N5O11S. The average Bonchev–Trinajstić information content (AvgIpc) is 4.21. The summed E-state index contributed by atoms with van der Waals surface area (Å²) in [5.74, 6) is -3.97. The number of ether oxygens (including phenoxy) is 4. The second kappa shape index (κ2) is 17.5. The number of aromatic nitrogens is 1. The van der Waals surface area contributed by atoms with E-state index in [1.807, 2.05) is 13.0 Å². The molecule has 8 atom stereocenters. The Morgan fingerprint density at radius 3 is 2.47 bits per heavy atom. The molecule has 1 saturated heterocycles. The fraction of sp³-hybridized carbons (Fsp3) is 0.553. The van der Waals surface area contributed by atoms with Crippen LogP contribution in [0, 0.1) is 17.8 Å². The summed E-state index contributed by atoms with van der Waals surface area (Å²) in [5.41, 5.74) is -3.74. The van der Waals surface area contributed by atoms with Gasteiger partial charge in [-0.1, -0.05) is 32.9 Å². The van der Waals surface area contributed by atoms with Gasteiger partial charge in [0, 0.05) is 29.3 Å². The third kappa shape index (κ3) is 8.58. The van der Waals surface area contributed by atoms with Crippen molar-refractivity contribution in [1.82, 2.24) is 24.8 Å². The molecular weight excluding hydrogens is 881 g/mol. The van der Waals surface area contributed by atoms with E-state index in [2.05, 4.69) is 10.0 Å². The Kier molecular flexibility index (Phi) is 12.4. The van der Waals surface area contributed by atoms with Crippen molar-refractivity contribution in [2.45, 2.75) is 127 Å². The predicted octanol–water partition coefficient (Wildman–Crippen LogP) is 6.66. The van der Waals surface area contributed by atoms with Crippen molar-refractivity contribution in [3.63, 3.8) is 0 Å². The summed E-state index contributed by atoms with van der Waals surface area (Å²) < 4.78 is 87.8. The summed E-state index contributed by atoms with van der Waals surface area (Å²) in [6, 6.07) is 2.87. The van der Waals surface area contributed by atoms with E-state index in [1.54, 1.807) is 69.3 Å². The van der Waals surface area contributed by atoms with Gasteiger partial charge in [-0.3, -0.25) is 28.9 Å². The van der Waals surface area contributed by atoms with Crippen molar-refractivity contribution in [2.75, 3.05) is 20.3 Å². The van der Waals surface area contributed by atoms with Crippen LogP contribution in [0.4, 0.5) is 13.6 Å². The van der Waals surface area contributed by atoms with Crippen LogP contribution in [0.15, 0.2) is 54.6 Å². The third-order valence-corrected chi connectivity index (χ3v) is 15.7. The van der Waals surface area contributed by atoms with Gasteiger partial charge in [0.05, 0.1) is 18.1 Å². The van der Waals surface area contributed by atoms with Crippen LogP contribution in [0.2, 0.25) is 0 Å². The monoisotopic (exact) mass is 937 g/mol. The maximum absolute atomic E-state index is 18.1. The van der Waals surface area contributed by atoms with Crippen molar-refractivity contribution >= 4 is 44.6 Å². The van der Waals surface area contributed by atoms with E-state index in [4.69, 9.17) is 23.9 Å². The second-order valence-corrected chi connectivity index (χ2v) is 20.7. The van der Waals surface area contributed by atoms with E-state index >= 15 is 13.6 Å². The first kappa shape index (κ1) is 46.8. The Balaban J connectivity index is 1.25. The zero-order valence-electron chi connectivity index (χ0n) is 37.8. The molecule has 3 aromatic rings. The van der Waals surface area contributed by atoms with E-state index in [0.29, 0.717) is 78.2 Å². The van der Waals surface area contributed by atoms with Crippen LogP contribution in [0.3, 0.4) is 0 Å². The molecule has 2 aliphatic carbocycles. The topological polar surface area (TPSA) is 203 Å². The lowest BCUT2D eigenvalue weighted by atomic mass is 9.86. The number of fused-ring (bicyclic) bond motifs is 4. The number of carbonyl (C=O) groups is 4. The molecule has 3 aliphatic heterocycles. The number of nitrogens with zero attached hydrogens (tertiary/aromatic N) is 3. The van der Waals surface area contributed by atoms with Crippen molar-refractivity contribution < 1.29 is 60.4 Å². The van der Waals surface area contributed by atoms with Crippen molar-refractivity contribution in [3.05, 3.63) is 54.6 Å². The predicted molar refractivity (Wildman–Crippen MR) is 238 cm³/mol. The first-order chi connectivity index (χ1) is 31.2. The number of amides is 4. The second-order valence-electron chi connectivity index (χ2n) is 18.7. The van der Waals surface area contributed by atoms with Crippen LogP contribution >= 0.6 is 0 Å². The van der Waals surface area contributed by atoms with E-state index in [9.17, 15) is 27.9 Å². The molecule has 1 unspecified atom stereocenters. The maximum Gasteiger partial charge on any atom is 0.408 e. The Bertz CT molecular complexity index is 2570. The van der Waals surface area contributed by atoms with E-state index < -0.39 is 92.7 Å². The quantitative estimate of drug-likeness (QED) is 0.144. The van der Waals surface area contributed by atoms with Crippen molar-refractivity contribution in [3.8, 4) is 34.4 Å². The SMILES string of the molecule is CCC(C)N(C(=O)O)[C@@H]1C(=O)N2[C@@H](C[C@@](C)(Oc3nc(-c4ccc5c(c4)OCCO5)cc4cc(OC)ccc34)C2(F)F)C(=O)N[C@]2(C(=O)NS(=O)(=O)C3CC3)C[C@H]2/C=C\CC[C@@H](C)C[C@H]1C. The summed E-state index contributed by atoms with van der Waals surface area (Å²) in [5, 5.41) is 13.3. The molecule has 5 aliphatic rings. The minimum atomic E-state index is -4.34. The number of allylic oxidation sites excluding steroid dienone is 1. The molecule has 0 spiro atoms. The smallest absolute Gasteiger partial charge is 0.408 e. The normalized spacial score (nSPS) is 29.5. The van der Waals surface area contributed by atoms with Gasteiger partial charge in [-0.15, -0.1) is 0 Å². The number of hydrogen-bond donors (Lipinski definition) is 3. The molecule has 0 bridgehead atoms. The number of hydrogen-bond acceptors (Lipinski definition) is 11. The molecule has 16 nitrogen and oxygen atoms in total. The van der Waals surface area contributed by atoms with E-state index in [-0.39, 0.29) is 36.0 Å². The molecule has 66 heavy (non-hydrogen) atoms. The number of nitrogens with one attached hydrogen (secondary N) is 2. The fourth-order valence-electron chi connectivity index (χ4n) is 9.66. The molecule has 19 heteroatoms. The van der Waals surface area contributed by atoms with Gasteiger partial charge in [-0.05, 0) is 118 Å². The summed E-state index contributed by atoms with van der Waals surface area (Å²) in [4.78, 5) is 63.2. The Hall–Kier alpha value is -5.72. The standard InChI is InChI=1S/C47H57F2N5O11S/c1-7-28(4)53(44(58)59)39-27(3)20-26(2)10-8-9-11-31-24-46(31,43(57)52-66(60,61)33-14-15-33)51-40(55)36-25-45(5,47(48,49)54(36)42(39)56)65-41-34-16-13-32(62-6)21-30(34)22-35(50-41)29-12-17-37-38(23-29)64-19-18-63-37/h9,11-13,16-17,21-23,26-28,31,33,36,39H,7-8,10,14-15,18-20,24-25H2,1-6H3,(H,51,55)(H,52,57)(H,58,59)/b11-9-/t26-,27-,28?,31-,36+,39+,45-,46-/m1/s1. The van der Waals surface area contributed by atoms with Crippen LogP contribution < -0.4 is 29.0 Å². The van der Waals surface area contributed by atoms with E-state index in [1.165, 1.54) is 7.11 Å². The molecule has 1 aromatic heterocycles. The molecule has 4 heterocycles. The number of rotatable bonds is 10. The molecule has 2 saturated carbocycles. The molecule has 8 rings (SSSR count). The average molecular weight is 938 g/mol. The summed E-state index contributed by atoms with van der Waals surface area (Å²) in [7, 11) is -2.62. The highest BCUT2D eigenvalue weighted by atomic mass is 32.2. The zero-order chi connectivity index (χ0) is 47.5. The number of pyridine rings is 1. The number of sulfonamides is 1. The lowest BCUT2D eigenvalue weighted by molar-refractivity contribution is -0.219. The van der Waals surface area contributed by atoms with Crippen LogP contribution in [-0.2, 0) is 24.4 Å². The zero-order valence-corrected chi connectivity index (χ0v) is 38.7. The first-order valence-corrected chi connectivity index (χ1v) is 24.1. The molecule has 3 N–H and O–H groups in total. The van der Waals surface area contributed by atoms with E-state index in [0.717, 1.165) is 11.8 Å². The highest BCUT2D eigenvalue weighted by molar-refractivity contribution is 7.91. The largest absolute Gasteiger partial charge is 0.497 e. The summed E-state index contributed by atoms with van der Waals surface area (Å²) in [6.45, 7) is 8.61. The van der Waals surface area contributed by atoms with Gasteiger partial charge in [0.2, 0.25) is 21.8 Å². The van der Waals surface area contributed by atoms with Crippen LogP contribution in [0.5, 0.6) is 23.1 Å². The van der Waals surface area contributed by atoms with Gasteiger partial charge >= 0.3 is 12.1 Å². The first-order valence-electron chi connectivity index (χ1n) is 22.6. The van der Waals surface area contributed by atoms with Gasteiger partial charge < -0.3 is 29.4 Å². The van der Waals surface area contributed by atoms with Crippen molar-refractivity contribution in [1.29, 1.82) is 0 Å². The minimum absolute atomic E-state index is 0.0336. The number of carboxylic acid groups (broad SMARTS) is 1. The summed E-state index contributed by atoms with van der Waals surface area (Å²) in [6.07, 6.45) is 3.49. The number of alkyl halides is 2. The fourth-order valence-corrected chi connectivity index (χ4v) is 11.0. The number of halogens is 2. The van der Waals surface area contributed by atoms with Crippen LogP contribution in [0.1, 0.15) is 86.0 Å². The molecule has 3 fully saturated rings. The Labute approximate surface area is 382 Å². The van der Waals surface area contributed by atoms with Crippen LogP contribution in [0.25, 0.3) is 22.0 Å². The highest BCUT2D eigenvalue weighted by Gasteiger charge is 2.71. The van der Waals surface area contributed by atoms with Gasteiger partial charge in [0.25, 0.3) is 11.8 Å². The van der Waals surface area contributed by atoms with Crippen molar-refractivity contribution in [2.24, 2.45) is 17.8 Å². The molecule has 356 valence electrons. The Morgan fingerprint density at radius 1 is 1.06 bits per heavy atom. The van der Waals surface area contributed by atoms with Gasteiger partial charge in [0.15, 0.2) is 17.1 Å². The van der Waals surface area contributed by atoms with Gasteiger partial charge in [0.1, 0.15) is 36.6 Å².